The van der Waals surface area contributed by atoms with Crippen LogP contribution in [0.15, 0.2) is 206 Å². The van der Waals surface area contributed by atoms with Gasteiger partial charge in [-0.3, -0.25) is 9.55 Å². The third-order valence-corrected chi connectivity index (χ3v) is 11.1. The summed E-state index contributed by atoms with van der Waals surface area (Å²) in [7, 11) is 0. The van der Waals surface area contributed by atoms with Gasteiger partial charge in [-0.2, -0.15) is 0 Å². The van der Waals surface area contributed by atoms with Crippen molar-refractivity contribution in [2.24, 2.45) is 0 Å². The lowest BCUT2D eigenvalue weighted by Gasteiger charge is -2.19. The van der Waals surface area contributed by atoms with E-state index in [1.54, 1.807) is 0 Å². The van der Waals surface area contributed by atoms with Crippen molar-refractivity contribution in [1.82, 2.24) is 19.7 Å². The van der Waals surface area contributed by atoms with Crippen LogP contribution in [0.3, 0.4) is 0 Å². The number of fused-ring (bicyclic) bond motifs is 4. The molecule has 0 saturated heterocycles. The first kappa shape index (κ1) is 32.7. The Labute approximate surface area is 330 Å². The maximum absolute atomic E-state index is 5.13. The molecule has 11 aromatic rings. The van der Waals surface area contributed by atoms with E-state index in [0.29, 0.717) is 0 Å². The van der Waals surface area contributed by atoms with Crippen LogP contribution in [0.5, 0.6) is 0 Å². The van der Waals surface area contributed by atoms with E-state index in [1.807, 2.05) is 42.6 Å². The number of hydrogen-bond donors (Lipinski definition) is 0. The van der Waals surface area contributed by atoms with Crippen molar-refractivity contribution in [2.45, 2.75) is 0 Å². The second-order valence-electron chi connectivity index (χ2n) is 14.5. The highest BCUT2D eigenvalue weighted by Crippen LogP contribution is 2.45. The van der Waals surface area contributed by atoms with Crippen LogP contribution in [0.2, 0.25) is 0 Å². The molecule has 0 aliphatic carbocycles. The Morgan fingerprint density at radius 1 is 0.316 bits per heavy atom. The van der Waals surface area contributed by atoms with Crippen molar-refractivity contribution in [1.29, 1.82) is 0 Å². The monoisotopic (exact) mass is 726 g/mol. The van der Waals surface area contributed by atoms with Crippen LogP contribution >= 0.6 is 0 Å². The number of rotatable bonds is 6. The van der Waals surface area contributed by atoms with E-state index in [0.717, 1.165) is 39.7 Å². The lowest BCUT2D eigenvalue weighted by Crippen LogP contribution is -2.01. The molecule has 0 radical (unpaired) electrons. The first-order valence-electron chi connectivity index (χ1n) is 19.3. The Morgan fingerprint density at radius 3 is 1.33 bits per heavy atom. The van der Waals surface area contributed by atoms with Crippen molar-refractivity contribution in [3.8, 4) is 62.0 Å². The topological polar surface area (TPSA) is 43.6 Å². The third-order valence-electron chi connectivity index (χ3n) is 11.1. The molecule has 0 aliphatic rings. The molecular weight excluding hydrogens is 693 g/mol. The Morgan fingerprint density at radius 2 is 0.789 bits per heavy atom. The molecule has 0 atom stereocenters. The highest BCUT2D eigenvalue weighted by molar-refractivity contribution is 6.22. The number of pyridine rings is 1. The van der Waals surface area contributed by atoms with Gasteiger partial charge < -0.3 is 0 Å². The van der Waals surface area contributed by atoms with Gasteiger partial charge in [0.05, 0.1) is 17.6 Å². The highest BCUT2D eigenvalue weighted by Gasteiger charge is 2.20. The number of benzene rings is 9. The largest absolute Gasteiger partial charge is 0.273 e. The van der Waals surface area contributed by atoms with E-state index >= 15 is 0 Å². The zero-order chi connectivity index (χ0) is 37.7. The van der Waals surface area contributed by atoms with E-state index in [2.05, 4.69) is 179 Å². The molecular formula is C53H34N4. The maximum Gasteiger partial charge on any atom is 0.168 e. The molecule has 0 N–H and O–H groups in total. The molecule has 2 heterocycles. The van der Waals surface area contributed by atoms with Crippen molar-refractivity contribution >= 4 is 43.1 Å². The van der Waals surface area contributed by atoms with Gasteiger partial charge in [0.1, 0.15) is 0 Å². The molecule has 9 aromatic carbocycles. The molecule has 57 heavy (non-hydrogen) atoms. The van der Waals surface area contributed by atoms with Crippen LogP contribution in [-0.4, -0.2) is 19.7 Å². The molecule has 266 valence electrons. The number of aromatic nitrogens is 4. The number of hydrogen-bond acceptors (Lipinski definition) is 3. The summed E-state index contributed by atoms with van der Waals surface area (Å²) in [5.74, 6) is 1.53. The summed E-state index contributed by atoms with van der Waals surface area (Å²) in [6, 6.07) is 71.2. The first-order chi connectivity index (χ1) is 28.3. The zero-order valence-corrected chi connectivity index (χ0v) is 30.9. The van der Waals surface area contributed by atoms with Gasteiger partial charge in [0.2, 0.25) is 0 Å². The Hall–Kier alpha value is -7.69. The van der Waals surface area contributed by atoms with Gasteiger partial charge in [0.15, 0.2) is 11.6 Å². The van der Waals surface area contributed by atoms with Crippen LogP contribution in [0.1, 0.15) is 0 Å². The normalized spacial score (nSPS) is 11.5. The first-order valence-corrected chi connectivity index (χ1v) is 19.3. The van der Waals surface area contributed by atoms with E-state index < -0.39 is 0 Å². The van der Waals surface area contributed by atoms with E-state index in [-0.39, 0.29) is 0 Å². The van der Waals surface area contributed by atoms with Crippen LogP contribution < -0.4 is 0 Å². The summed E-state index contributed by atoms with van der Waals surface area (Å²) in [5, 5.41) is 19.1. The van der Waals surface area contributed by atoms with E-state index in [9.17, 15) is 0 Å². The predicted molar refractivity (Wildman–Crippen MR) is 236 cm³/mol. The molecule has 4 nitrogen and oxygen atoms in total. The van der Waals surface area contributed by atoms with E-state index in [4.69, 9.17) is 4.98 Å². The maximum atomic E-state index is 5.13. The van der Waals surface area contributed by atoms with Crippen LogP contribution in [0.4, 0.5) is 0 Å². The number of nitrogens with zero attached hydrogens (tertiary/aromatic N) is 4. The van der Waals surface area contributed by atoms with Crippen molar-refractivity contribution in [3.63, 3.8) is 0 Å². The van der Waals surface area contributed by atoms with Crippen molar-refractivity contribution in [3.05, 3.63) is 206 Å². The van der Waals surface area contributed by atoms with Gasteiger partial charge in [-0.05, 0) is 95.7 Å². The molecule has 11 rings (SSSR count). The molecule has 0 unspecified atom stereocenters. The van der Waals surface area contributed by atoms with Crippen LogP contribution in [-0.2, 0) is 0 Å². The Balaban J connectivity index is 1.12. The summed E-state index contributed by atoms with van der Waals surface area (Å²) in [6.45, 7) is 0. The lowest BCUT2D eigenvalue weighted by molar-refractivity contribution is 1.05. The minimum atomic E-state index is 0.767. The molecule has 2 aromatic heterocycles. The molecule has 0 amide bonds. The second-order valence-corrected chi connectivity index (χ2v) is 14.5. The third kappa shape index (κ3) is 5.66. The standard InChI is InChI=1S/C53H34N4/c1-3-15-37(16-4-1)52-55-56-53(38-17-5-2-6-18-38)57(52)44-28-30-49(54-34-44)41-27-29-47-48(33-41)51(43-26-24-36-14-8-10-20-40(36)32-43)46-22-12-11-21-45(46)50(47)42-25-23-35-13-7-9-19-39(35)31-42/h1-34H. The van der Waals surface area contributed by atoms with Gasteiger partial charge in [-0.1, -0.05) is 170 Å². The minimum Gasteiger partial charge on any atom is -0.273 e. The predicted octanol–water partition coefficient (Wildman–Crippen LogP) is 13.6. The summed E-state index contributed by atoms with van der Waals surface area (Å²) < 4.78 is 2.10. The average molecular weight is 727 g/mol. The fourth-order valence-electron chi connectivity index (χ4n) is 8.42. The van der Waals surface area contributed by atoms with E-state index in [1.165, 1.54) is 65.3 Å². The summed E-state index contributed by atoms with van der Waals surface area (Å²) >= 11 is 0. The molecule has 0 spiro atoms. The quantitative estimate of drug-likeness (QED) is 0.160. The minimum absolute atomic E-state index is 0.767. The molecule has 0 aliphatic heterocycles. The second kappa shape index (κ2) is 13.6. The average Bonchev–Trinajstić information content (AvgIpc) is 3.74. The van der Waals surface area contributed by atoms with Crippen molar-refractivity contribution in [2.75, 3.05) is 0 Å². The Bertz CT molecular complexity index is 3220. The van der Waals surface area contributed by atoms with Gasteiger partial charge >= 0.3 is 0 Å². The lowest BCUT2D eigenvalue weighted by atomic mass is 9.84. The fourth-order valence-corrected chi connectivity index (χ4v) is 8.42. The molecule has 4 heteroatoms. The SMILES string of the molecule is c1ccc(-c2nnc(-c3ccccc3)n2-c2ccc(-c3ccc4c(-c5ccc6ccccc6c5)c5ccccc5c(-c5ccc6ccccc6c5)c4c3)nc2)cc1. The summed E-state index contributed by atoms with van der Waals surface area (Å²) in [6.07, 6.45) is 1.94. The van der Waals surface area contributed by atoms with Crippen LogP contribution in [0.25, 0.3) is 105 Å². The molecule has 0 saturated carbocycles. The van der Waals surface area contributed by atoms with Gasteiger partial charge in [0.25, 0.3) is 0 Å². The summed E-state index contributed by atoms with van der Waals surface area (Å²) in [4.78, 5) is 5.13. The van der Waals surface area contributed by atoms with Crippen LogP contribution in [0, 0.1) is 0 Å². The smallest absolute Gasteiger partial charge is 0.168 e. The van der Waals surface area contributed by atoms with Gasteiger partial charge in [-0.15, -0.1) is 10.2 Å². The highest BCUT2D eigenvalue weighted by atomic mass is 15.3. The fraction of sp³-hybridized carbons (Fsp3) is 0. The molecule has 0 fully saturated rings. The van der Waals surface area contributed by atoms with Gasteiger partial charge in [-0.25, -0.2) is 0 Å². The molecule has 0 bridgehead atoms. The van der Waals surface area contributed by atoms with Gasteiger partial charge in [0, 0.05) is 16.7 Å². The van der Waals surface area contributed by atoms with Crippen molar-refractivity contribution < 1.29 is 0 Å². The zero-order valence-electron chi connectivity index (χ0n) is 30.9. The summed E-state index contributed by atoms with van der Waals surface area (Å²) in [5.41, 5.74) is 9.65. The Kier molecular flexibility index (Phi) is 7.78.